The van der Waals surface area contributed by atoms with Gasteiger partial charge >= 0.3 is 0 Å². The van der Waals surface area contributed by atoms with Crippen LogP contribution in [0.2, 0.25) is 0 Å². The Kier molecular flexibility index (Phi) is 6.20. The lowest BCUT2D eigenvalue weighted by Gasteiger charge is -2.19. The molecule has 0 atom stereocenters. The Balaban J connectivity index is 1.80. The van der Waals surface area contributed by atoms with Crippen LogP contribution in [0.15, 0.2) is 41.3 Å². The minimum atomic E-state index is -3.63. The second-order valence-electron chi connectivity index (χ2n) is 7.23. The van der Waals surface area contributed by atoms with Gasteiger partial charge in [0.1, 0.15) is 0 Å². The van der Waals surface area contributed by atoms with Crippen LogP contribution in [0.4, 0.5) is 5.69 Å². The molecule has 0 spiro atoms. The van der Waals surface area contributed by atoms with Crippen molar-refractivity contribution in [3.8, 4) is 0 Å². The van der Waals surface area contributed by atoms with Crippen LogP contribution >= 0.6 is 0 Å². The number of aryl methyl sites for hydroxylation is 3. The molecule has 3 rings (SSSR count). The number of nitrogens with zero attached hydrogens (tertiary/aromatic N) is 1. The van der Waals surface area contributed by atoms with Crippen molar-refractivity contribution in [1.82, 2.24) is 4.72 Å². The Morgan fingerprint density at radius 3 is 2.43 bits per heavy atom. The number of anilines is 1. The largest absolute Gasteiger partial charge is 0.312 e. The molecule has 1 heterocycles. The number of nitrogens with one attached hydrogen (secondary N) is 1. The lowest BCUT2D eigenvalue weighted by molar-refractivity contribution is -0.117. The molecule has 0 bridgehead atoms. The molecule has 0 saturated carbocycles. The minimum Gasteiger partial charge on any atom is -0.312 e. The summed E-state index contributed by atoms with van der Waals surface area (Å²) >= 11 is 0. The molecule has 5 nitrogen and oxygen atoms in total. The Morgan fingerprint density at radius 2 is 1.82 bits per heavy atom. The summed E-state index contributed by atoms with van der Waals surface area (Å²) in [5.74, 6) is 0.0970. The summed E-state index contributed by atoms with van der Waals surface area (Å²) < 4.78 is 28.4. The topological polar surface area (TPSA) is 66.5 Å². The minimum absolute atomic E-state index is 0.0970. The highest BCUT2D eigenvalue weighted by Crippen LogP contribution is 2.27. The molecule has 2 aromatic carbocycles. The van der Waals surface area contributed by atoms with Crippen molar-refractivity contribution in [2.45, 2.75) is 57.9 Å². The van der Waals surface area contributed by atoms with Crippen molar-refractivity contribution >= 4 is 21.6 Å². The number of sulfonamides is 1. The summed E-state index contributed by atoms with van der Waals surface area (Å²) in [5, 5.41) is 0. The highest BCUT2D eigenvalue weighted by molar-refractivity contribution is 7.89. The fraction of sp³-hybridized carbons (Fsp3) is 0.409. The van der Waals surface area contributed by atoms with Gasteiger partial charge in [-0.05, 0) is 66.6 Å². The van der Waals surface area contributed by atoms with E-state index in [2.05, 4.69) is 36.8 Å². The first-order chi connectivity index (χ1) is 13.4. The smallest absolute Gasteiger partial charge is 0.240 e. The molecule has 1 N–H and O–H groups in total. The van der Waals surface area contributed by atoms with Crippen molar-refractivity contribution < 1.29 is 13.2 Å². The van der Waals surface area contributed by atoms with E-state index in [1.165, 1.54) is 5.56 Å². The van der Waals surface area contributed by atoms with Gasteiger partial charge in [-0.25, -0.2) is 13.1 Å². The van der Waals surface area contributed by atoms with Gasteiger partial charge in [0.2, 0.25) is 15.9 Å². The van der Waals surface area contributed by atoms with Crippen LogP contribution in [0.1, 0.15) is 48.9 Å². The predicted octanol–water partition coefficient (Wildman–Crippen LogP) is 3.73. The number of hydrogen-bond donors (Lipinski definition) is 1. The van der Waals surface area contributed by atoms with E-state index in [0.29, 0.717) is 13.0 Å². The van der Waals surface area contributed by atoms with E-state index in [0.717, 1.165) is 41.6 Å². The van der Waals surface area contributed by atoms with Crippen molar-refractivity contribution in [2.75, 3.05) is 11.4 Å². The van der Waals surface area contributed by atoms with Gasteiger partial charge in [-0.1, -0.05) is 32.0 Å². The Bertz CT molecular complexity index is 983. The third-order valence-corrected chi connectivity index (χ3v) is 6.75. The number of amides is 1. The van der Waals surface area contributed by atoms with Gasteiger partial charge in [0, 0.05) is 25.2 Å². The standard InChI is InChI=1S/C22H28N2O3S/c1-4-17-8-9-18(5-2)19(14-17)15-23-28(26,27)20-10-11-21(16(3)13-20)24-12-6-7-22(24)25/h8-11,13-14,23H,4-7,12,15H2,1-3H3. The first-order valence-electron chi connectivity index (χ1n) is 9.87. The molecular formula is C22H28N2O3S. The molecule has 28 heavy (non-hydrogen) atoms. The van der Waals surface area contributed by atoms with Gasteiger partial charge in [-0.15, -0.1) is 0 Å². The zero-order chi connectivity index (χ0) is 20.3. The van der Waals surface area contributed by atoms with Gasteiger partial charge in [0.25, 0.3) is 0 Å². The zero-order valence-electron chi connectivity index (χ0n) is 16.8. The highest BCUT2D eigenvalue weighted by Gasteiger charge is 2.24. The fourth-order valence-electron chi connectivity index (χ4n) is 3.67. The third kappa shape index (κ3) is 4.28. The average Bonchev–Trinajstić information content (AvgIpc) is 3.11. The van der Waals surface area contributed by atoms with Gasteiger partial charge in [-0.3, -0.25) is 4.79 Å². The number of carbonyl (C=O) groups is 1. The maximum absolute atomic E-state index is 12.8. The normalized spacial score (nSPS) is 14.7. The molecule has 6 heteroatoms. The molecule has 0 aliphatic carbocycles. The lowest BCUT2D eigenvalue weighted by Crippen LogP contribution is -2.26. The van der Waals surface area contributed by atoms with Crippen LogP contribution < -0.4 is 9.62 Å². The highest BCUT2D eigenvalue weighted by atomic mass is 32.2. The van der Waals surface area contributed by atoms with Gasteiger partial charge in [0.15, 0.2) is 0 Å². The fourth-order valence-corrected chi connectivity index (χ4v) is 4.76. The van der Waals surface area contributed by atoms with E-state index < -0.39 is 10.0 Å². The summed E-state index contributed by atoms with van der Waals surface area (Å²) in [7, 11) is -3.63. The van der Waals surface area contributed by atoms with Gasteiger partial charge < -0.3 is 4.90 Å². The van der Waals surface area contributed by atoms with E-state index in [1.807, 2.05) is 6.92 Å². The maximum atomic E-state index is 12.8. The number of carbonyl (C=O) groups excluding carboxylic acids is 1. The molecule has 150 valence electrons. The molecule has 1 aliphatic heterocycles. The summed E-state index contributed by atoms with van der Waals surface area (Å²) in [5.41, 5.74) is 4.95. The first kappa shape index (κ1) is 20.6. The quantitative estimate of drug-likeness (QED) is 0.770. The molecule has 2 aromatic rings. The SMILES string of the molecule is CCc1ccc(CC)c(CNS(=O)(=O)c2ccc(N3CCCC3=O)c(C)c2)c1. The molecule has 0 aromatic heterocycles. The lowest BCUT2D eigenvalue weighted by atomic mass is 10.0. The summed E-state index contributed by atoms with van der Waals surface area (Å²) in [6.45, 7) is 6.97. The number of hydrogen-bond acceptors (Lipinski definition) is 3. The molecule has 1 fully saturated rings. The molecule has 1 saturated heterocycles. The third-order valence-electron chi connectivity index (χ3n) is 5.36. The Hall–Kier alpha value is -2.18. The Labute approximate surface area is 167 Å². The summed E-state index contributed by atoms with van der Waals surface area (Å²) in [4.78, 5) is 13.9. The van der Waals surface area contributed by atoms with E-state index in [1.54, 1.807) is 23.1 Å². The molecule has 0 radical (unpaired) electrons. The molecule has 1 aliphatic rings. The van der Waals surface area contributed by atoms with Crippen molar-refractivity contribution in [3.63, 3.8) is 0 Å². The van der Waals surface area contributed by atoms with Gasteiger partial charge in [-0.2, -0.15) is 0 Å². The van der Waals surface area contributed by atoms with E-state index in [9.17, 15) is 13.2 Å². The number of benzene rings is 2. The second kappa shape index (κ2) is 8.45. The van der Waals surface area contributed by atoms with E-state index >= 15 is 0 Å². The Morgan fingerprint density at radius 1 is 1.04 bits per heavy atom. The van der Waals surface area contributed by atoms with Crippen molar-refractivity contribution in [2.24, 2.45) is 0 Å². The van der Waals surface area contributed by atoms with Gasteiger partial charge in [0.05, 0.1) is 4.90 Å². The summed E-state index contributed by atoms with van der Waals surface area (Å²) in [6, 6.07) is 11.2. The maximum Gasteiger partial charge on any atom is 0.240 e. The zero-order valence-corrected chi connectivity index (χ0v) is 17.6. The van der Waals surface area contributed by atoms with Crippen LogP contribution in [-0.2, 0) is 34.2 Å². The van der Waals surface area contributed by atoms with Crippen molar-refractivity contribution in [1.29, 1.82) is 0 Å². The monoisotopic (exact) mass is 400 g/mol. The van der Waals surface area contributed by atoms with Crippen LogP contribution in [0.3, 0.4) is 0 Å². The second-order valence-corrected chi connectivity index (χ2v) is 9.00. The van der Waals surface area contributed by atoms with E-state index in [-0.39, 0.29) is 17.3 Å². The van der Waals surface area contributed by atoms with Crippen LogP contribution in [0.5, 0.6) is 0 Å². The van der Waals surface area contributed by atoms with E-state index in [4.69, 9.17) is 0 Å². The number of rotatable bonds is 7. The van der Waals surface area contributed by atoms with Crippen LogP contribution in [-0.4, -0.2) is 20.9 Å². The average molecular weight is 401 g/mol. The van der Waals surface area contributed by atoms with Crippen molar-refractivity contribution in [3.05, 3.63) is 58.7 Å². The molecule has 0 unspecified atom stereocenters. The predicted molar refractivity (Wildman–Crippen MR) is 112 cm³/mol. The van der Waals surface area contributed by atoms with Crippen LogP contribution in [0.25, 0.3) is 0 Å². The summed E-state index contributed by atoms with van der Waals surface area (Å²) in [6.07, 6.45) is 3.17. The van der Waals surface area contributed by atoms with Crippen LogP contribution in [0, 0.1) is 6.92 Å². The molecule has 1 amide bonds. The molecular weight excluding hydrogens is 372 g/mol. The first-order valence-corrected chi connectivity index (χ1v) is 11.4.